The van der Waals surface area contributed by atoms with E-state index in [2.05, 4.69) is 16.5 Å². The maximum absolute atomic E-state index is 6.09. The number of alkyl halides is 1. The van der Waals surface area contributed by atoms with Crippen LogP contribution in [0, 0.1) is 0 Å². The van der Waals surface area contributed by atoms with Gasteiger partial charge in [-0.1, -0.05) is 17.7 Å². The molecule has 4 heteroatoms. The van der Waals surface area contributed by atoms with Crippen LogP contribution >= 0.6 is 23.2 Å². The SMILES string of the molecule is CCn1c(CCCl)nc2c(Cl)cccc21. The minimum absolute atomic E-state index is 0.584. The normalized spacial score (nSPS) is 11.1. The van der Waals surface area contributed by atoms with Crippen LogP contribution in [0.1, 0.15) is 12.7 Å². The van der Waals surface area contributed by atoms with Crippen LogP contribution in [-0.4, -0.2) is 15.4 Å². The van der Waals surface area contributed by atoms with E-state index in [0.717, 1.165) is 29.8 Å². The van der Waals surface area contributed by atoms with Gasteiger partial charge in [-0.3, -0.25) is 0 Å². The molecule has 80 valence electrons. The van der Waals surface area contributed by atoms with E-state index in [1.165, 1.54) is 0 Å². The third-order valence-corrected chi connectivity index (χ3v) is 2.94. The van der Waals surface area contributed by atoms with Crippen molar-refractivity contribution in [2.75, 3.05) is 5.88 Å². The van der Waals surface area contributed by atoms with Crippen LogP contribution < -0.4 is 0 Å². The number of aromatic nitrogens is 2. The molecule has 0 fully saturated rings. The van der Waals surface area contributed by atoms with Gasteiger partial charge in [0.15, 0.2) is 0 Å². The molecule has 0 aliphatic rings. The van der Waals surface area contributed by atoms with Gasteiger partial charge in [0.2, 0.25) is 0 Å². The highest BCUT2D eigenvalue weighted by Gasteiger charge is 2.10. The predicted octanol–water partition coefficient (Wildman–Crippen LogP) is 3.49. The molecule has 0 saturated carbocycles. The van der Waals surface area contributed by atoms with Gasteiger partial charge >= 0.3 is 0 Å². The minimum atomic E-state index is 0.584. The van der Waals surface area contributed by atoms with Crippen molar-refractivity contribution in [2.24, 2.45) is 0 Å². The molecule has 0 spiro atoms. The summed E-state index contributed by atoms with van der Waals surface area (Å²) in [5.41, 5.74) is 1.96. The lowest BCUT2D eigenvalue weighted by molar-refractivity contribution is 0.727. The molecule has 0 atom stereocenters. The number of nitrogens with zero attached hydrogens (tertiary/aromatic N) is 2. The lowest BCUT2D eigenvalue weighted by Gasteiger charge is -2.03. The van der Waals surface area contributed by atoms with E-state index in [1.54, 1.807) is 0 Å². The first-order chi connectivity index (χ1) is 7.27. The van der Waals surface area contributed by atoms with Gasteiger partial charge in [-0.15, -0.1) is 11.6 Å². The third kappa shape index (κ3) is 1.84. The van der Waals surface area contributed by atoms with Crippen LogP contribution in [0.25, 0.3) is 11.0 Å². The summed E-state index contributed by atoms with van der Waals surface area (Å²) in [6.45, 7) is 2.99. The summed E-state index contributed by atoms with van der Waals surface area (Å²) < 4.78 is 2.16. The van der Waals surface area contributed by atoms with Gasteiger partial charge in [-0.2, -0.15) is 0 Å². The molecule has 2 rings (SSSR count). The summed E-state index contributed by atoms with van der Waals surface area (Å²) in [7, 11) is 0. The zero-order chi connectivity index (χ0) is 10.8. The lowest BCUT2D eigenvalue weighted by atomic mass is 10.3. The number of para-hydroxylation sites is 1. The Bertz CT molecular complexity index is 477. The molecule has 0 aliphatic heterocycles. The second-order valence-electron chi connectivity index (χ2n) is 3.32. The molecule has 0 aliphatic carbocycles. The molecule has 0 amide bonds. The van der Waals surface area contributed by atoms with E-state index >= 15 is 0 Å². The summed E-state index contributed by atoms with van der Waals surface area (Å²) in [4.78, 5) is 4.52. The molecule has 0 unspecified atom stereocenters. The molecular weight excluding hydrogens is 231 g/mol. The van der Waals surface area contributed by atoms with Crippen molar-refractivity contribution < 1.29 is 0 Å². The second-order valence-corrected chi connectivity index (χ2v) is 4.10. The van der Waals surface area contributed by atoms with Gasteiger partial charge < -0.3 is 4.57 Å². The fourth-order valence-electron chi connectivity index (χ4n) is 1.79. The second kappa shape index (κ2) is 4.42. The largest absolute Gasteiger partial charge is 0.328 e. The van der Waals surface area contributed by atoms with Crippen molar-refractivity contribution in [3.05, 3.63) is 29.0 Å². The molecular formula is C11H12Cl2N2. The summed E-state index contributed by atoms with van der Waals surface area (Å²) in [6.07, 6.45) is 0.778. The average Bonchev–Trinajstić information content (AvgIpc) is 2.58. The smallest absolute Gasteiger partial charge is 0.111 e. The highest BCUT2D eigenvalue weighted by Crippen LogP contribution is 2.24. The molecule has 0 radical (unpaired) electrons. The Morgan fingerprint density at radius 1 is 1.40 bits per heavy atom. The number of benzene rings is 1. The van der Waals surface area contributed by atoms with Crippen LogP contribution in [0.2, 0.25) is 5.02 Å². The van der Waals surface area contributed by atoms with Crippen molar-refractivity contribution >= 4 is 34.2 Å². The van der Waals surface area contributed by atoms with Gasteiger partial charge in [-0.25, -0.2) is 4.98 Å². The first kappa shape index (κ1) is 10.8. The predicted molar refractivity (Wildman–Crippen MR) is 64.8 cm³/mol. The molecule has 1 aromatic carbocycles. The van der Waals surface area contributed by atoms with Crippen LogP contribution in [0.15, 0.2) is 18.2 Å². The number of halogens is 2. The third-order valence-electron chi connectivity index (χ3n) is 2.44. The number of rotatable bonds is 3. The van der Waals surface area contributed by atoms with Crippen molar-refractivity contribution in [3.63, 3.8) is 0 Å². The van der Waals surface area contributed by atoms with Crippen molar-refractivity contribution in [3.8, 4) is 0 Å². The maximum Gasteiger partial charge on any atom is 0.111 e. The Balaban J connectivity index is 2.67. The average molecular weight is 243 g/mol. The molecule has 15 heavy (non-hydrogen) atoms. The van der Waals surface area contributed by atoms with E-state index in [0.29, 0.717) is 10.9 Å². The summed E-state index contributed by atoms with van der Waals surface area (Å²) >= 11 is 11.8. The van der Waals surface area contributed by atoms with Crippen LogP contribution in [0.4, 0.5) is 0 Å². The highest BCUT2D eigenvalue weighted by molar-refractivity contribution is 6.34. The lowest BCUT2D eigenvalue weighted by Crippen LogP contribution is -2.02. The number of imidazole rings is 1. The van der Waals surface area contributed by atoms with Crippen molar-refractivity contribution in [2.45, 2.75) is 19.9 Å². The van der Waals surface area contributed by atoms with Gasteiger partial charge in [0.05, 0.1) is 10.5 Å². The summed E-state index contributed by atoms with van der Waals surface area (Å²) in [5, 5.41) is 0.704. The number of aryl methyl sites for hydroxylation is 2. The molecule has 2 nitrogen and oxygen atoms in total. The Morgan fingerprint density at radius 3 is 2.87 bits per heavy atom. The Kier molecular flexibility index (Phi) is 3.17. The first-order valence-corrected chi connectivity index (χ1v) is 5.88. The van der Waals surface area contributed by atoms with Gasteiger partial charge in [-0.05, 0) is 19.1 Å². The first-order valence-electron chi connectivity index (χ1n) is 4.97. The van der Waals surface area contributed by atoms with E-state index in [4.69, 9.17) is 23.2 Å². The Labute approximate surface area is 98.8 Å². The molecule has 1 aromatic heterocycles. The van der Waals surface area contributed by atoms with Gasteiger partial charge in [0, 0.05) is 18.8 Å². The van der Waals surface area contributed by atoms with Crippen molar-refractivity contribution in [1.82, 2.24) is 9.55 Å². The molecule has 1 heterocycles. The van der Waals surface area contributed by atoms with Crippen LogP contribution in [-0.2, 0) is 13.0 Å². The molecule has 2 aromatic rings. The van der Waals surface area contributed by atoms with Gasteiger partial charge in [0.1, 0.15) is 11.3 Å². The summed E-state index contributed by atoms with van der Waals surface area (Å²) in [5.74, 6) is 1.59. The Morgan fingerprint density at radius 2 is 2.20 bits per heavy atom. The topological polar surface area (TPSA) is 17.8 Å². The molecule has 0 N–H and O–H groups in total. The van der Waals surface area contributed by atoms with Crippen molar-refractivity contribution in [1.29, 1.82) is 0 Å². The molecule has 0 bridgehead atoms. The number of hydrogen-bond donors (Lipinski definition) is 0. The Hall–Kier alpha value is -0.730. The fourth-order valence-corrected chi connectivity index (χ4v) is 2.17. The van der Waals surface area contributed by atoms with Crippen LogP contribution in [0.3, 0.4) is 0 Å². The van der Waals surface area contributed by atoms with Crippen LogP contribution in [0.5, 0.6) is 0 Å². The zero-order valence-corrected chi connectivity index (χ0v) is 10.0. The fraction of sp³-hybridized carbons (Fsp3) is 0.364. The van der Waals surface area contributed by atoms with Gasteiger partial charge in [0.25, 0.3) is 0 Å². The van der Waals surface area contributed by atoms with E-state index < -0.39 is 0 Å². The van der Waals surface area contributed by atoms with E-state index in [-0.39, 0.29) is 0 Å². The standard InChI is InChI=1S/C11H12Cl2N2/c1-2-15-9-5-3-4-8(13)11(9)14-10(15)6-7-12/h3-5H,2,6-7H2,1H3. The number of hydrogen-bond acceptors (Lipinski definition) is 1. The highest BCUT2D eigenvalue weighted by atomic mass is 35.5. The minimum Gasteiger partial charge on any atom is -0.328 e. The maximum atomic E-state index is 6.09. The quantitative estimate of drug-likeness (QED) is 0.754. The monoisotopic (exact) mass is 242 g/mol. The van der Waals surface area contributed by atoms with E-state index in [1.807, 2.05) is 18.2 Å². The summed E-state index contributed by atoms with van der Waals surface area (Å²) in [6, 6.07) is 5.85. The van der Waals surface area contributed by atoms with E-state index in [9.17, 15) is 0 Å². The molecule has 0 saturated heterocycles. The number of fused-ring (bicyclic) bond motifs is 1. The zero-order valence-electron chi connectivity index (χ0n) is 8.50.